The smallest absolute Gasteiger partial charge is 0.351 e. The molecule has 2 heterocycles. The number of thiazole rings is 1. The number of nitrogens with zero attached hydrogens (tertiary/aromatic N) is 2. The third-order valence-electron chi connectivity index (χ3n) is 5.00. The SMILES string of the molecule is CC(=O)N(c1nc(COC(=O)[C@@H]2COc3ccccc3O2)cs1)c1cccc(C)c1C. The quantitative estimate of drug-likeness (QED) is 0.552. The summed E-state index contributed by atoms with van der Waals surface area (Å²) in [6, 6.07) is 13.0. The molecule has 0 saturated heterocycles. The van der Waals surface area contributed by atoms with Crippen molar-refractivity contribution in [3.05, 3.63) is 64.7 Å². The van der Waals surface area contributed by atoms with Gasteiger partial charge in [-0.05, 0) is 43.2 Å². The Balaban J connectivity index is 1.43. The molecule has 1 aromatic heterocycles. The average molecular weight is 439 g/mol. The highest BCUT2D eigenvalue weighted by Gasteiger charge is 2.29. The molecular weight excluding hydrogens is 416 g/mol. The van der Waals surface area contributed by atoms with Crippen molar-refractivity contribution < 1.29 is 23.8 Å². The zero-order valence-electron chi connectivity index (χ0n) is 17.5. The van der Waals surface area contributed by atoms with Gasteiger partial charge < -0.3 is 14.2 Å². The van der Waals surface area contributed by atoms with Gasteiger partial charge in [-0.25, -0.2) is 9.78 Å². The summed E-state index contributed by atoms with van der Waals surface area (Å²) in [5.41, 5.74) is 3.44. The highest BCUT2D eigenvalue weighted by molar-refractivity contribution is 7.14. The molecule has 1 amide bonds. The Bertz CT molecular complexity index is 1130. The van der Waals surface area contributed by atoms with Crippen LogP contribution < -0.4 is 14.4 Å². The number of esters is 1. The lowest BCUT2D eigenvalue weighted by Crippen LogP contribution is -2.37. The monoisotopic (exact) mass is 438 g/mol. The third-order valence-corrected chi connectivity index (χ3v) is 5.87. The predicted molar refractivity (Wildman–Crippen MR) is 117 cm³/mol. The zero-order valence-corrected chi connectivity index (χ0v) is 18.3. The molecule has 7 nitrogen and oxygen atoms in total. The van der Waals surface area contributed by atoms with Crippen LogP contribution in [0.3, 0.4) is 0 Å². The first-order valence-corrected chi connectivity index (χ1v) is 10.7. The van der Waals surface area contributed by atoms with E-state index in [1.54, 1.807) is 22.4 Å². The van der Waals surface area contributed by atoms with E-state index in [4.69, 9.17) is 14.2 Å². The first-order chi connectivity index (χ1) is 14.9. The summed E-state index contributed by atoms with van der Waals surface area (Å²) < 4.78 is 16.6. The number of anilines is 2. The molecule has 1 atom stereocenters. The second kappa shape index (κ2) is 8.77. The van der Waals surface area contributed by atoms with Crippen molar-refractivity contribution in [3.8, 4) is 11.5 Å². The van der Waals surface area contributed by atoms with Crippen LogP contribution in [0.4, 0.5) is 10.8 Å². The maximum atomic E-state index is 12.4. The van der Waals surface area contributed by atoms with Crippen molar-refractivity contribution in [2.24, 2.45) is 0 Å². The molecule has 2 aromatic carbocycles. The molecule has 160 valence electrons. The number of benzene rings is 2. The Kier molecular flexibility index (Phi) is 5.90. The van der Waals surface area contributed by atoms with Crippen LogP contribution >= 0.6 is 11.3 Å². The Morgan fingerprint density at radius 2 is 1.94 bits per heavy atom. The lowest BCUT2D eigenvalue weighted by atomic mass is 10.1. The van der Waals surface area contributed by atoms with Crippen LogP contribution in [-0.4, -0.2) is 29.6 Å². The number of ether oxygens (including phenoxy) is 3. The fraction of sp³-hybridized carbons (Fsp3) is 0.261. The van der Waals surface area contributed by atoms with Gasteiger partial charge in [-0.15, -0.1) is 11.3 Å². The maximum absolute atomic E-state index is 12.4. The molecule has 0 saturated carbocycles. The summed E-state index contributed by atoms with van der Waals surface area (Å²) in [6.07, 6.45) is -0.836. The van der Waals surface area contributed by atoms with Gasteiger partial charge in [0.2, 0.25) is 12.0 Å². The number of rotatable bonds is 5. The third kappa shape index (κ3) is 4.39. The van der Waals surface area contributed by atoms with Gasteiger partial charge >= 0.3 is 5.97 Å². The summed E-state index contributed by atoms with van der Waals surface area (Å²) in [6.45, 7) is 5.54. The fourth-order valence-electron chi connectivity index (χ4n) is 3.22. The lowest BCUT2D eigenvalue weighted by Gasteiger charge is -2.24. The first-order valence-electron chi connectivity index (χ1n) is 9.80. The van der Waals surface area contributed by atoms with Crippen molar-refractivity contribution in [2.45, 2.75) is 33.5 Å². The number of hydrogen-bond donors (Lipinski definition) is 0. The van der Waals surface area contributed by atoms with Gasteiger partial charge in [-0.3, -0.25) is 9.69 Å². The van der Waals surface area contributed by atoms with Crippen molar-refractivity contribution in [1.29, 1.82) is 0 Å². The number of hydrogen-bond acceptors (Lipinski definition) is 7. The summed E-state index contributed by atoms with van der Waals surface area (Å²) in [5, 5.41) is 2.30. The van der Waals surface area contributed by atoms with Gasteiger partial charge in [0.05, 0.1) is 11.4 Å². The van der Waals surface area contributed by atoms with E-state index in [0.717, 1.165) is 16.8 Å². The van der Waals surface area contributed by atoms with Gasteiger partial charge in [-0.1, -0.05) is 24.3 Å². The second-order valence-corrected chi connectivity index (χ2v) is 8.00. The largest absolute Gasteiger partial charge is 0.485 e. The zero-order chi connectivity index (χ0) is 22.0. The van der Waals surface area contributed by atoms with E-state index in [-0.39, 0.29) is 19.1 Å². The highest BCUT2D eigenvalue weighted by Crippen LogP contribution is 2.33. The molecule has 0 bridgehead atoms. The standard InChI is InChI=1S/C23H22N2O5S/c1-14-7-6-8-18(15(14)2)25(16(3)26)23-24-17(13-31-23)11-29-22(27)21-12-28-19-9-4-5-10-20(19)30-21/h4-10,13,21H,11-12H2,1-3H3/t21-/m0/s1. The van der Waals surface area contributed by atoms with Crippen molar-refractivity contribution in [1.82, 2.24) is 4.98 Å². The van der Waals surface area contributed by atoms with E-state index in [9.17, 15) is 9.59 Å². The Labute approximate surface area is 184 Å². The van der Waals surface area contributed by atoms with E-state index >= 15 is 0 Å². The normalized spacial score (nSPS) is 14.7. The number of aryl methyl sites for hydroxylation is 1. The Hall–Kier alpha value is -3.39. The minimum absolute atomic E-state index is 0.0185. The van der Waals surface area contributed by atoms with Gasteiger partial charge in [-0.2, -0.15) is 0 Å². The number of aromatic nitrogens is 1. The minimum Gasteiger partial charge on any atom is -0.485 e. The number of para-hydroxylation sites is 2. The number of fused-ring (bicyclic) bond motifs is 1. The molecule has 8 heteroatoms. The van der Waals surface area contributed by atoms with Gasteiger partial charge in [0, 0.05) is 12.3 Å². The van der Waals surface area contributed by atoms with E-state index in [2.05, 4.69) is 4.98 Å². The van der Waals surface area contributed by atoms with Crippen LogP contribution in [0.25, 0.3) is 0 Å². The molecule has 0 spiro atoms. The van der Waals surface area contributed by atoms with Crippen LogP contribution in [0.1, 0.15) is 23.7 Å². The van der Waals surface area contributed by atoms with E-state index in [1.807, 2.05) is 44.2 Å². The molecule has 1 aliphatic rings. The van der Waals surface area contributed by atoms with E-state index < -0.39 is 12.1 Å². The van der Waals surface area contributed by atoms with Crippen LogP contribution in [0, 0.1) is 13.8 Å². The highest BCUT2D eigenvalue weighted by atomic mass is 32.1. The summed E-state index contributed by atoms with van der Waals surface area (Å²) in [7, 11) is 0. The van der Waals surface area contributed by atoms with Crippen LogP contribution in [0.15, 0.2) is 47.8 Å². The fourth-order valence-corrected chi connectivity index (χ4v) is 4.09. The average Bonchev–Trinajstić information content (AvgIpc) is 3.23. The summed E-state index contributed by atoms with van der Waals surface area (Å²) in [5.74, 6) is 0.448. The molecule has 0 fully saturated rings. The molecule has 1 aliphatic heterocycles. The topological polar surface area (TPSA) is 78.0 Å². The van der Waals surface area contributed by atoms with Crippen LogP contribution in [-0.2, 0) is 20.9 Å². The van der Waals surface area contributed by atoms with Gasteiger partial charge in [0.1, 0.15) is 13.2 Å². The Morgan fingerprint density at radius 3 is 2.71 bits per heavy atom. The first kappa shape index (κ1) is 20.9. The predicted octanol–water partition coefficient (Wildman–Crippen LogP) is 4.33. The van der Waals surface area contributed by atoms with E-state index in [0.29, 0.717) is 22.3 Å². The Morgan fingerprint density at radius 1 is 1.16 bits per heavy atom. The molecule has 4 rings (SSSR count). The summed E-state index contributed by atoms with van der Waals surface area (Å²) in [4.78, 5) is 30.9. The molecular formula is C23H22N2O5S. The number of amides is 1. The van der Waals surface area contributed by atoms with Crippen molar-refractivity contribution in [2.75, 3.05) is 11.5 Å². The van der Waals surface area contributed by atoms with Gasteiger partial charge in [0.15, 0.2) is 16.6 Å². The lowest BCUT2D eigenvalue weighted by molar-refractivity contribution is -0.156. The second-order valence-electron chi connectivity index (χ2n) is 7.17. The molecule has 0 aliphatic carbocycles. The van der Waals surface area contributed by atoms with E-state index in [1.165, 1.54) is 18.3 Å². The molecule has 0 radical (unpaired) electrons. The molecule has 31 heavy (non-hydrogen) atoms. The minimum atomic E-state index is -0.836. The molecule has 0 unspecified atom stereocenters. The van der Waals surface area contributed by atoms with Crippen LogP contribution in [0.5, 0.6) is 11.5 Å². The van der Waals surface area contributed by atoms with Crippen LogP contribution in [0.2, 0.25) is 0 Å². The number of carbonyl (C=O) groups is 2. The van der Waals surface area contributed by atoms with Gasteiger partial charge in [0.25, 0.3) is 0 Å². The molecule has 3 aromatic rings. The number of carbonyl (C=O) groups excluding carboxylic acids is 2. The van der Waals surface area contributed by atoms with Crippen molar-refractivity contribution in [3.63, 3.8) is 0 Å². The maximum Gasteiger partial charge on any atom is 0.351 e. The van der Waals surface area contributed by atoms with Crippen molar-refractivity contribution >= 4 is 34.0 Å². The summed E-state index contributed by atoms with van der Waals surface area (Å²) >= 11 is 1.32. The molecule has 0 N–H and O–H groups in total.